The van der Waals surface area contributed by atoms with Crippen LogP contribution >= 0.6 is 31.9 Å². The van der Waals surface area contributed by atoms with E-state index in [4.69, 9.17) is 4.42 Å². The highest BCUT2D eigenvalue weighted by atomic mass is 79.9. The van der Waals surface area contributed by atoms with Crippen molar-refractivity contribution in [3.63, 3.8) is 0 Å². The summed E-state index contributed by atoms with van der Waals surface area (Å²) in [5, 5.41) is 3.28. The lowest BCUT2D eigenvalue weighted by Crippen LogP contribution is -2.21. The maximum atomic E-state index is 12.9. The van der Waals surface area contributed by atoms with E-state index in [0.717, 1.165) is 14.5 Å². The first-order valence-corrected chi connectivity index (χ1v) is 8.46. The van der Waals surface area contributed by atoms with Gasteiger partial charge in [0.15, 0.2) is 5.43 Å². The van der Waals surface area contributed by atoms with E-state index in [2.05, 4.69) is 37.2 Å². The number of rotatable bonds is 1. The predicted octanol–water partition coefficient (Wildman–Crippen LogP) is 4.15. The topological polar surface area (TPSA) is 59.3 Å². The van der Waals surface area contributed by atoms with Crippen LogP contribution in [0.5, 0.6) is 0 Å². The summed E-state index contributed by atoms with van der Waals surface area (Å²) in [6, 6.07) is 12.2. The van der Waals surface area contributed by atoms with Crippen LogP contribution in [-0.4, -0.2) is 5.91 Å². The van der Waals surface area contributed by atoms with Crippen LogP contribution in [0.4, 0.5) is 0 Å². The van der Waals surface area contributed by atoms with E-state index in [-0.39, 0.29) is 17.1 Å². The van der Waals surface area contributed by atoms with Gasteiger partial charge in [0, 0.05) is 8.95 Å². The quantitative estimate of drug-likeness (QED) is 0.625. The zero-order valence-corrected chi connectivity index (χ0v) is 14.8. The van der Waals surface area contributed by atoms with Crippen LogP contribution in [-0.2, 0) is 0 Å². The van der Waals surface area contributed by atoms with Crippen molar-refractivity contribution in [1.82, 2.24) is 5.32 Å². The van der Waals surface area contributed by atoms with Gasteiger partial charge < -0.3 is 9.73 Å². The molecule has 1 N–H and O–H groups in total. The molecule has 1 atom stereocenters. The Bertz CT molecular complexity index is 1030. The van der Waals surface area contributed by atoms with Gasteiger partial charge in [0.1, 0.15) is 5.58 Å². The summed E-state index contributed by atoms with van der Waals surface area (Å²) in [5.41, 5.74) is 1.40. The minimum absolute atomic E-state index is 0.0924. The first kappa shape index (κ1) is 14.7. The number of halogens is 2. The molecule has 4 rings (SSSR count). The van der Waals surface area contributed by atoms with E-state index in [9.17, 15) is 9.59 Å². The molecule has 0 saturated carbocycles. The van der Waals surface area contributed by atoms with Gasteiger partial charge in [0.2, 0.25) is 5.76 Å². The SMILES string of the molecule is O=C1NC(c2cccc(Br)c2)c2c1oc1ccc(Br)cc1c2=O. The number of hydrogen-bond donors (Lipinski definition) is 1. The molecule has 1 amide bonds. The predicted molar refractivity (Wildman–Crippen MR) is 93.6 cm³/mol. The Morgan fingerprint density at radius 2 is 1.78 bits per heavy atom. The Hall–Kier alpha value is -1.92. The van der Waals surface area contributed by atoms with Crippen molar-refractivity contribution in [3.05, 3.63) is 78.5 Å². The Labute approximate surface area is 147 Å². The molecule has 0 aliphatic carbocycles. The molecule has 1 aliphatic heterocycles. The van der Waals surface area contributed by atoms with E-state index in [1.54, 1.807) is 18.2 Å². The van der Waals surface area contributed by atoms with E-state index in [1.807, 2.05) is 24.3 Å². The van der Waals surface area contributed by atoms with E-state index in [0.29, 0.717) is 16.5 Å². The zero-order valence-electron chi connectivity index (χ0n) is 11.6. The molecule has 1 aliphatic rings. The molecule has 23 heavy (non-hydrogen) atoms. The Balaban J connectivity index is 2.01. The van der Waals surface area contributed by atoms with Gasteiger partial charge in [-0.05, 0) is 35.9 Å². The van der Waals surface area contributed by atoms with Gasteiger partial charge in [-0.2, -0.15) is 0 Å². The fourth-order valence-electron chi connectivity index (χ4n) is 2.82. The van der Waals surface area contributed by atoms with Gasteiger partial charge in [-0.3, -0.25) is 9.59 Å². The van der Waals surface area contributed by atoms with Gasteiger partial charge in [-0.15, -0.1) is 0 Å². The van der Waals surface area contributed by atoms with Crippen LogP contribution in [0.2, 0.25) is 0 Å². The summed E-state index contributed by atoms with van der Waals surface area (Å²) in [7, 11) is 0. The van der Waals surface area contributed by atoms with Gasteiger partial charge in [0.25, 0.3) is 5.91 Å². The fraction of sp³-hybridized carbons (Fsp3) is 0.0588. The van der Waals surface area contributed by atoms with Crippen LogP contribution in [0.25, 0.3) is 11.0 Å². The van der Waals surface area contributed by atoms with E-state index < -0.39 is 6.04 Å². The zero-order chi connectivity index (χ0) is 16.1. The number of hydrogen-bond acceptors (Lipinski definition) is 3. The molecule has 0 bridgehead atoms. The first-order valence-electron chi connectivity index (χ1n) is 6.87. The number of carbonyl (C=O) groups excluding carboxylic acids is 1. The third-order valence-corrected chi connectivity index (χ3v) is 4.83. The fourth-order valence-corrected chi connectivity index (χ4v) is 3.60. The monoisotopic (exact) mass is 433 g/mol. The number of fused-ring (bicyclic) bond motifs is 2. The molecule has 1 aromatic heterocycles. The summed E-state index contributed by atoms with van der Waals surface area (Å²) in [6.45, 7) is 0. The van der Waals surface area contributed by atoms with Crippen molar-refractivity contribution in [2.45, 2.75) is 6.04 Å². The molecule has 1 unspecified atom stereocenters. The maximum Gasteiger partial charge on any atom is 0.288 e. The highest BCUT2D eigenvalue weighted by Crippen LogP contribution is 2.32. The Morgan fingerprint density at radius 3 is 2.57 bits per heavy atom. The highest BCUT2D eigenvalue weighted by Gasteiger charge is 2.35. The maximum absolute atomic E-state index is 12.9. The Morgan fingerprint density at radius 1 is 1.00 bits per heavy atom. The molecule has 4 nitrogen and oxygen atoms in total. The normalized spacial score (nSPS) is 16.4. The molecule has 3 aromatic rings. The molecule has 2 aromatic carbocycles. The van der Waals surface area contributed by atoms with Crippen LogP contribution < -0.4 is 10.7 Å². The van der Waals surface area contributed by atoms with Crippen LogP contribution in [0.15, 0.2) is 60.6 Å². The summed E-state index contributed by atoms with van der Waals surface area (Å²) in [6.07, 6.45) is 0. The molecule has 0 saturated heterocycles. The van der Waals surface area contributed by atoms with Gasteiger partial charge in [-0.1, -0.05) is 44.0 Å². The van der Waals surface area contributed by atoms with Gasteiger partial charge in [0.05, 0.1) is 17.0 Å². The largest absolute Gasteiger partial charge is 0.450 e. The number of nitrogens with one attached hydrogen (secondary N) is 1. The molecule has 2 heterocycles. The lowest BCUT2D eigenvalue weighted by atomic mass is 9.99. The van der Waals surface area contributed by atoms with Crippen LogP contribution in [0, 0.1) is 0 Å². The number of amides is 1. The summed E-state index contributed by atoms with van der Waals surface area (Å²) < 4.78 is 7.36. The minimum atomic E-state index is -0.505. The minimum Gasteiger partial charge on any atom is -0.450 e. The Kier molecular flexibility index (Phi) is 3.39. The van der Waals surface area contributed by atoms with Crippen molar-refractivity contribution in [2.24, 2.45) is 0 Å². The third kappa shape index (κ3) is 2.33. The smallest absolute Gasteiger partial charge is 0.288 e. The summed E-state index contributed by atoms with van der Waals surface area (Å²) in [4.78, 5) is 25.1. The van der Waals surface area contributed by atoms with Crippen LogP contribution in [0.1, 0.15) is 27.7 Å². The average molecular weight is 435 g/mol. The second kappa shape index (κ2) is 5.32. The lowest BCUT2D eigenvalue weighted by molar-refractivity contribution is 0.0938. The third-order valence-electron chi connectivity index (χ3n) is 3.84. The molecular weight excluding hydrogens is 426 g/mol. The molecular formula is C17H9Br2NO3. The van der Waals surface area contributed by atoms with Crippen LogP contribution in [0.3, 0.4) is 0 Å². The summed E-state index contributed by atoms with van der Waals surface area (Å²) >= 11 is 6.77. The molecule has 0 radical (unpaired) electrons. The van der Waals surface area contributed by atoms with Gasteiger partial charge in [-0.25, -0.2) is 0 Å². The first-order chi connectivity index (χ1) is 11.0. The lowest BCUT2D eigenvalue weighted by Gasteiger charge is -2.11. The standard InChI is InChI=1S/C17H9Br2NO3/c18-9-3-1-2-8(6-9)14-13-15(21)11-7-10(19)4-5-12(11)23-16(13)17(22)20-14/h1-7,14H,(H,20,22). The van der Waals surface area contributed by atoms with Crippen molar-refractivity contribution >= 4 is 48.7 Å². The molecule has 6 heteroatoms. The number of benzene rings is 2. The summed E-state index contributed by atoms with van der Waals surface area (Å²) in [5.74, 6) is -0.276. The van der Waals surface area contributed by atoms with Crippen molar-refractivity contribution < 1.29 is 9.21 Å². The second-order valence-electron chi connectivity index (χ2n) is 5.28. The van der Waals surface area contributed by atoms with Crippen molar-refractivity contribution in [3.8, 4) is 0 Å². The van der Waals surface area contributed by atoms with Gasteiger partial charge >= 0.3 is 0 Å². The van der Waals surface area contributed by atoms with Crippen molar-refractivity contribution in [1.29, 1.82) is 0 Å². The average Bonchev–Trinajstić information content (AvgIpc) is 2.86. The number of carbonyl (C=O) groups is 1. The highest BCUT2D eigenvalue weighted by molar-refractivity contribution is 9.10. The second-order valence-corrected chi connectivity index (χ2v) is 7.11. The molecule has 0 fully saturated rings. The molecule has 114 valence electrons. The van der Waals surface area contributed by atoms with Crippen molar-refractivity contribution in [2.75, 3.05) is 0 Å². The van der Waals surface area contributed by atoms with E-state index in [1.165, 1.54) is 0 Å². The molecule has 0 spiro atoms. The van der Waals surface area contributed by atoms with E-state index >= 15 is 0 Å².